The van der Waals surface area contributed by atoms with Gasteiger partial charge in [-0.15, -0.1) is 11.8 Å². The van der Waals surface area contributed by atoms with Gasteiger partial charge in [-0.25, -0.2) is 0 Å². The van der Waals surface area contributed by atoms with E-state index in [1.165, 1.54) is 11.0 Å². The van der Waals surface area contributed by atoms with Crippen molar-refractivity contribution in [3.8, 4) is 0 Å². The summed E-state index contributed by atoms with van der Waals surface area (Å²) in [7, 11) is 0. The minimum absolute atomic E-state index is 0.214. The first-order chi connectivity index (χ1) is 12.1. The monoisotopic (exact) mass is 355 g/mol. The second-order valence-corrected chi connectivity index (χ2v) is 6.78. The fourth-order valence-corrected chi connectivity index (χ4v) is 3.59. The Morgan fingerprint density at radius 3 is 2.40 bits per heavy atom. The molecule has 1 aliphatic heterocycles. The molecule has 0 bridgehead atoms. The standard InChI is InChI=1S/C18H17N3O3S/c19-21(24)13-6-5-7-14(12-13)25-11-4-3-10-20-17(22)15-8-1-2-9-16(15)18(20)23/h1-2,6-9,12H,3-4,10-11H2,(H2,19,24)/q+1. The van der Waals surface area contributed by atoms with Crippen molar-refractivity contribution in [3.05, 3.63) is 64.6 Å². The summed E-state index contributed by atoms with van der Waals surface area (Å²) < 4.78 is 0. The molecule has 2 aromatic rings. The van der Waals surface area contributed by atoms with Crippen LogP contribution in [-0.4, -0.2) is 33.9 Å². The Bertz CT molecular complexity index is 803. The number of unbranched alkanes of at least 4 members (excludes halogenated alkanes) is 1. The first-order valence-electron chi connectivity index (χ1n) is 7.89. The van der Waals surface area contributed by atoms with Gasteiger partial charge in [0, 0.05) is 23.6 Å². The van der Waals surface area contributed by atoms with E-state index in [0.717, 1.165) is 23.5 Å². The van der Waals surface area contributed by atoms with Crippen LogP contribution in [0.5, 0.6) is 0 Å². The van der Waals surface area contributed by atoms with Gasteiger partial charge in [-0.2, -0.15) is 5.84 Å². The number of amides is 2. The zero-order chi connectivity index (χ0) is 17.8. The van der Waals surface area contributed by atoms with Crippen molar-refractivity contribution in [2.24, 2.45) is 5.84 Å². The van der Waals surface area contributed by atoms with Crippen LogP contribution in [0.4, 0.5) is 5.69 Å². The Hall–Kier alpha value is -2.67. The number of rotatable bonds is 7. The number of fused-ring (bicyclic) bond motifs is 1. The minimum atomic E-state index is -0.214. The molecular formula is C18H17N3O3S+. The number of carbonyl (C=O) groups is 2. The van der Waals surface area contributed by atoms with Crippen molar-refractivity contribution in [2.75, 3.05) is 12.3 Å². The molecule has 1 heterocycles. The number of nitrogens with two attached hydrogens (primary N) is 1. The number of benzene rings is 2. The number of carbonyl (C=O) groups excluding carboxylic acids is 2. The summed E-state index contributed by atoms with van der Waals surface area (Å²) in [4.78, 5) is 38.1. The lowest BCUT2D eigenvalue weighted by Gasteiger charge is -2.13. The highest BCUT2D eigenvalue weighted by atomic mass is 32.2. The van der Waals surface area contributed by atoms with Crippen molar-refractivity contribution in [3.63, 3.8) is 0 Å². The molecule has 1 aliphatic rings. The molecule has 0 saturated heterocycles. The van der Waals surface area contributed by atoms with Crippen LogP contribution >= 0.6 is 11.8 Å². The normalized spacial score (nSPS) is 13.2. The molecule has 0 spiro atoms. The fraction of sp³-hybridized carbons (Fsp3) is 0.222. The highest BCUT2D eigenvalue weighted by Gasteiger charge is 2.34. The summed E-state index contributed by atoms with van der Waals surface area (Å²) in [5, 5.41) is 0. The maximum Gasteiger partial charge on any atom is 0.293 e. The van der Waals surface area contributed by atoms with Crippen LogP contribution in [-0.2, 0) is 0 Å². The molecule has 2 amide bonds. The third-order valence-electron chi connectivity index (χ3n) is 3.92. The molecular weight excluding hydrogens is 338 g/mol. The predicted octanol–water partition coefficient (Wildman–Crippen LogP) is 2.94. The summed E-state index contributed by atoms with van der Waals surface area (Å²) in [6.45, 7) is 0.413. The Balaban J connectivity index is 1.47. The van der Waals surface area contributed by atoms with Gasteiger partial charge in [-0.3, -0.25) is 14.5 Å². The molecule has 0 unspecified atom stereocenters. The maximum absolute atomic E-state index is 12.2. The van der Waals surface area contributed by atoms with E-state index in [0.29, 0.717) is 28.2 Å². The van der Waals surface area contributed by atoms with Gasteiger partial charge in [0.1, 0.15) is 0 Å². The molecule has 0 aliphatic carbocycles. The third kappa shape index (κ3) is 3.71. The van der Waals surface area contributed by atoms with Gasteiger partial charge < -0.3 is 0 Å². The van der Waals surface area contributed by atoms with Crippen LogP contribution in [0, 0.1) is 11.0 Å². The first-order valence-corrected chi connectivity index (χ1v) is 8.87. The Kier molecular flexibility index (Phi) is 5.14. The summed E-state index contributed by atoms with van der Waals surface area (Å²) >= 11 is 1.58. The molecule has 0 atom stereocenters. The molecule has 2 aromatic carbocycles. The lowest BCUT2D eigenvalue weighted by molar-refractivity contribution is -0.474. The van der Waals surface area contributed by atoms with Crippen LogP contribution in [0.15, 0.2) is 47.4 Å². The summed E-state index contributed by atoms with van der Waals surface area (Å²) in [6.07, 6.45) is 1.57. The molecule has 1 radical (unpaired) electrons. The number of hydrogen-bond donors (Lipinski definition) is 1. The zero-order valence-corrected chi connectivity index (χ0v) is 14.3. The number of nitroso groups, excluding NO2 is 1. The van der Waals surface area contributed by atoms with E-state index in [1.807, 2.05) is 0 Å². The van der Waals surface area contributed by atoms with E-state index >= 15 is 0 Å². The van der Waals surface area contributed by atoms with Crippen LogP contribution in [0.3, 0.4) is 0 Å². The molecule has 3 rings (SSSR count). The quantitative estimate of drug-likeness (QED) is 0.206. The van der Waals surface area contributed by atoms with E-state index < -0.39 is 0 Å². The topological polar surface area (TPSA) is 83.5 Å². The number of thioether (sulfide) groups is 1. The highest BCUT2D eigenvalue weighted by Crippen LogP contribution is 2.25. The van der Waals surface area contributed by atoms with Gasteiger partial charge in [-0.05, 0) is 42.9 Å². The SMILES string of the molecule is N[N+](=O)c1c[c]cc(SCCCCN2C(=O)c3ccccc3C2=O)c1. The number of hydrazine groups is 1. The van der Waals surface area contributed by atoms with Crippen molar-refractivity contribution in [1.29, 1.82) is 0 Å². The van der Waals surface area contributed by atoms with Crippen molar-refractivity contribution >= 4 is 29.3 Å². The largest absolute Gasteiger partial charge is 0.293 e. The molecule has 127 valence electrons. The van der Waals surface area contributed by atoms with Gasteiger partial charge in [0.15, 0.2) is 4.87 Å². The minimum Gasteiger partial charge on any atom is -0.274 e. The Morgan fingerprint density at radius 2 is 1.76 bits per heavy atom. The smallest absolute Gasteiger partial charge is 0.274 e. The second-order valence-electron chi connectivity index (χ2n) is 5.62. The predicted molar refractivity (Wildman–Crippen MR) is 94.5 cm³/mol. The van der Waals surface area contributed by atoms with Crippen LogP contribution in [0.2, 0.25) is 0 Å². The van der Waals surface area contributed by atoms with Gasteiger partial charge in [0.25, 0.3) is 17.5 Å². The summed E-state index contributed by atoms with van der Waals surface area (Å²) in [5.74, 6) is 5.55. The molecule has 7 heteroatoms. The number of nitrogens with zero attached hydrogens (tertiary/aromatic N) is 2. The lowest BCUT2D eigenvalue weighted by Crippen LogP contribution is -2.30. The highest BCUT2D eigenvalue weighted by molar-refractivity contribution is 7.99. The fourth-order valence-electron chi connectivity index (χ4n) is 2.65. The molecule has 0 saturated carbocycles. The van der Waals surface area contributed by atoms with Gasteiger partial charge in [0.2, 0.25) is 0 Å². The Morgan fingerprint density at radius 1 is 1.08 bits per heavy atom. The van der Waals surface area contributed by atoms with E-state index in [2.05, 4.69) is 6.07 Å². The summed E-state index contributed by atoms with van der Waals surface area (Å²) in [5.41, 5.74) is 1.33. The van der Waals surface area contributed by atoms with E-state index in [9.17, 15) is 14.5 Å². The van der Waals surface area contributed by atoms with Gasteiger partial charge in [0.05, 0.1) is 16.0 Å². The molecule has 0 fully saturated rings. The number of imide groups is 1. The number of hydrogen-bond acceptors (Lipinski definition) is 4. The maximum atomic E-state index is 12.2. The molecule has 6 nitrogen and oxygen atoms in total. The first kappa shape index (κ1) is 17.2. The van der Waals surface area contributed by atoms with Crippen LogP contribution in [0.25, 0.3) is 0 Å². The molecule has 0 aromatic heterocycles. The average Bonchev–Trinajstić information content (AvgIpc) is 2.87. The molecule has 2 N–H and O–H groups in total. The van der Waals surface area contributed by atoms with Crippen molar-refractivity contribution in [2.45, 2.75) is 17.7 Å². The van der Waals surface area contributed by atoms with Gasteiger partial charge >= 0.3 is 0 Å². The van der Waals surface area contributed by atoms with Gasteiger partial charge in [-0.1, -0.05) is 12.1 Å². The van der Waals surface area contributed by atoms with Crippen LogP contribution in [0.1, 0.15) is 33.6 Å². The third-order valence-corrected chi connectivity index (χ3v) is 4.99. The zero-order valence-electron chi connectivity index (χ0n) is 13.5. The summed E-state index contributed by atoms with van der Waals surface area (Å²) in [6, 6.07) is 14.8. The van der Waals surface area contributed by atoms with Crippen molar-refractivity contribution < 1.29 is 14.5 Å². The van der Waals surface area contributed by atoms with Crippen LogP contribution < -0.4 is 5.84 Å². The lowest BCUT2D eigenvalue weighted by atomic mass is 10.1. The molecule has 25 heavy (non-hydrogen) atoms. The average molecular weight is 355 g/mol. The van der Waals surface area contributed by atoms with Crippen molar-refractivity contribution in [1.82, 2.24) is 4.90 Å². The van der Waals surface area contributed by atoms with E-state index in [1.54, 1.807) is 48.2 Å². The van der Waals surface area contributed by atoms with E-state index in [4.69, 9.17) is 5.84 Å². The second kappa shape index (κ2) is 7.48. The van der Waals surface area contributed by atoms with E-state index in [-0.39, 0.29) is 11.8 Å². The Labute approximate surface area is 149 Å².